The number of thiol groups is 1. The van der Waals surface area contributed by atoms with Gasteiger partial charge in [-0.05, 0) is 141 Å². The number of nitrogens with two attached hydrogens (primary N) is 2. The van der Waals surface area contributed by atoms with Crippen molar-refractivity contribution in [2.45, 2.75) is 19.4 Å². The highest BCUT2D eigenvalue weighted by atomic mass is 79.9. The summed E-state index contributed by atoms with van der Waals surface area (Å²) < 4.78 is 54.9. The first-order valence-electron chi connectivity index (χ1n) is 25.5. The van der Waals surface area contributed by atoms with E-state index in [1.807, 2.05) is 97.1 Å². The molecule has 1 aliphatic heterocycles. The zero-order chi connectivity index (χ0) is 65.6. The molecule has 0 fully saturated rings. The van der Waals surface area contributed by atoms with E-state index >= 15 is 0 Å². The van der Waals surface area contributed by atoms with Crippen molar-refractivity contribution >= 4 is 238 Å². The Bertz CT molecular complexity index is 4200. The van der Waals surface area contributed by atoms with E-state index in [-0.39, 0.29) is 58.5 Å². The molecule has 0 saturated carbocycles. The first kappa shape index (κ1) is 76.9. The first-order valence-corrected chi connectivity index (χ1v) is 33.7. The van der Waals surface area contributed by atoms with Gasteiger partial charge in [0.25, 0.3) is 0 Å². The Kier molecular flexibility index (Phi) is 32.3. The van der Waals surface area contributed by atoms with Crippen LogP contribution in [0.1, 0.15) is 69.2 Å². The summed E-state index contributed by atoms with van der Waals surface area (Å²) in [5, 5.41) is 21.3. The van der Waals surface area contributed by atoms with E-state index in [2.05, 4.69) is 102 Å². The zero-order valence-corrected chi connectivity index (χ0v) is 61.6. The van der Waals surface area contributed by atoms with Gasteiger partial charge in [0, 0.05) is 57.5 Å². The number of esters is 4. The summed E-state index contributed by atoms with van der Waals surface area (Å²) in [6.45, 7) is 2.87. The maximum Gasteiger partial charge on any atom is 0.351 e. The quantitative estimate of drug-likeness (QED) is 0.0627. The number of fused-ring (bicyclic) bond motifs is 5. The second-order valence-electron chi connectivity index (χ2n) is 17.2. The number of carboxylic acids is 1. The van der Waals surface area contributed by atoms with Crippen LogP contribution in [0.5, 0.6) is 17.2 Å². The van der Waals surface area contributed by atoms with Gasteiger partial charge in [0.2, 0.25) is 0 Å². The lowest BCUT2D eigenvalue weighted by molar-refractivity contribution is -0.137. The minimum Gasteiger partial charge on any atom is -0.494 e. The fraction of sp³-hybridized carbons (Fsp3) is 0.180. The molecular weight excluding hydrogens is 1630 g/mol. The van der Waals surface area contributed by atoms with Crippen LogP contribution in [-0.4, -0.2) is 89.5 Å². The van der Waals surface area contributed by atoms with E-state index in [0.717, 1.165) is 82.6 Å². The fourth-order valence-electron chi connectivity index (χ4n) is 7.65. The third kappa shape index (κ3) is 19.7. The molecule has 6 aromatic carbocycles. The predicted molar refractivity (Wildman–Crippen MR) is 382 cm³/mol. The van der Waals surface area contributed by atoms with Gasteiger partial charge < -0.3 is 49.7 Å². The van der Waals surface area contributed by atoms with Gasteiger partial charge in [0.05, 0.1) is 94.1 Å². The monoisotopic (exact) mass is 1680 g/mol. The van der Waals surface area contributed by atoms with E-state index in [4.69, 9.17) is 57.1 Å². The molecule has 0 aliphatic carbocycles. The van der Waals surface area contributed by atoms with Crippen molar-refractivity contribution in [3.05, 3.63) is 179 Å². The van der Waals surface area contributed by atoms with Gasteiger partial charge in [0.1, 0.15) is 21.6 Å². The number of rotatable bonds is 8. The number of para-hydroxylation sites is 1. The van der Waals surface area contributed by atoms with Crippen molar-refractivity contribution in [2.75, 3.05) is 60.2 Å². The van der Waals surface area contributed by atoms with Gasteiger partial charge in [0.15, 0.2) is 27.1 Å². The molecular formula is C61H53Br5Cl2FN3O13S5. The van der Waals surface area contributed by atoms with Crippen LogP contribution in [0.2, 0.25) is 5.02 Å². The van der Waals surface area contributed by atoms with Crippen LogP contribution in [0.15, 0.2) is 138 Å². The third-order valence-corrected chi connectivity index (χ3v) is 21.7. The summed E-state index contributed by atoms with van der Waals surface area (Å²) >= 11 is 31.7. The lowest BCUT2D eigenvalue weighted by atomic mass is 10.0. The van der Waals surface area contributed by atoms with Gasteiger partial charge in [-0.1, -0.05) is 72.3 Å². The van der Waals surface area contributed by atoms with Gasteiger partial charge in [-0.2, -0.15) is 17.9 Å². The number of hydrogen-bond donors (Lipinski definition) is 4. The lowest BCUT2D eigenvalue weighted by Gasteiger charge is -2.22. The zero-order valence-electron chi connectivity index (χ0n) is 48.0. The number of hydrogen-bond acceptors (Lipinski definition) is 20. The Hall–Kier alpha value is -5.58. The lowest BCUT2D eigenvalue weighted by Crippen LogP contribution is -2.20. The molecule has 1 atom stereocenters. The van der Waals surface area contributed by atoms with Gasteiger partial charge >= 0.3 is 29.8 Å². The fourth-order valence-corrected chi connectivity index (χ4v) is 15.1. The summed E-state index contributed by atoms with van der Waals surface area (Å²) in [6, 6.07) is 37.2. The Labute approximate surface area is 591 Å². The van der Waals surface area contributed by atoms with E-state index in [0.29, 0.717) is 47.9 Å². The van der Waals surface area contributed by atoms with E-state index in [1.165, 1.54) is 79.9 Å². The molecule has 10 aromatic rings. The number of thiophene rings is 4. The number of halogens is 8. The number of nitrogens with zero attached hydrogens (tertiary/aromatic N) is 1. The number of aromatic carboxylic acids is 1. The average molecular weight is 1690 g/mol. The SMILES string of the molecule is CCOC(=O)c1sc2c(Br)cccc2c1Cl.COC(=O)CS.COC(=O)c1sc2c(Br)cccc2c1N.COC(=O)c1sc2c(Br)cccc2c1OC.COc1c(C(=O)O)sc2c(Br)cccc12.Cl.N#Cc1cccc(Br)c1F.N[C@H]1CCOc2ccccc21. The number of benzene rings is 6. The Morgan fingerprint density at radius 3 is 1.53 bits per heavy atom. The summed E-state index contributed by atoms with van der Waals surface area (Å²) in [6.07, 6.45) is 0.928. The molecule has 0 bridgehead atoms. The number of anilines is 1. The Morgan fingerprint density at radius 2 is 1.09 bits per heavy atom. The molecule has 0 spiro atoms. The van der Waals surface area contributed by atoms with Crippen molar-refractivity contribution in [1.82, 2.24) is 0 Å². The Balaban J connectivity index is 0.000000227. The van der Waals surface area contributed by atoms with Crippen LogP contribution in [0, 0.1) is 17.1 Å². The van der Waals surface area contributed by atoms with Crippen LogP contribution in [-0.2, 0) is 23.7 Å². The van der Waals surface area contributed by atoms with Crippen LogP contribution >= 0.6 is 162 Å². The normalized spacial score (nSPS) is 11.5. The molecule has 4 aromatic heterocycles. The number of ether oxygens (including phenoxy) is 7. The number of carbonyl (C=O) groups is 5. The van der Waals surface area contributed by atoms with Crippen molar-refractivity contribution < 1.29 is 66.6 Å². The number of carboxylic acid groups (broad SMARTS) is 1. The molecule has 11 rings (SSSR count). The number of nitrogen functional groups attached to an aromatic ring is 1. The molecule has 16 nitrogen and oxygen atoms in total. The predicted octanol–water partition coefficient (Wildman–Crippen LogP) is 18.8. The maximum atomic E-state index is 12.7. The van der Waals surface area contributed by atoms with Gasteiger partial charge in [-0.3, -0.25) is 4.79 Å². The topological polar surface area (TPSA) is 246 Å². The van der Waals surface area contributed by atoms with Crippen molar-refractivity contribution in [2.24, 2.45) is 5.73 Å². The summed E-state index contributed by atoms with van der Waals surface area (Å²) in [7, 11) is 7.07. The van der Waals surface area contributed by atoms with E-state index in [1.54, 1.807) is 32.2 Å². The number of carbonyl (C=O) groups excluding carboxylic acids is 4. The molecule has 0 saturated heterocycles. The number of methoxy groups -OCH3 is 5. The summed E-state index contributed by atoms with van der Waals surface area (Å²) in [5.41, 5.74) is 13.4. The molecule has 0 unspecified atom stereocenters. The Morgan fingerprint density at radius 1 is 0.644 bits per heavy atom. The van der Waals surface area contributed by atoms with Gasteiger partial charge in [-0.15, -0.1) is 57.8 Å². The highest BCUT2D eigenvalue weighted by Crippen LogP contribution is 2.44. The van der Waals surface area contributed by atoms with Crippen molar-refractivity contribution in [3.8, 4) is 23.3 Å². The molecule has 90 heavy (non-hydrogen) atoms. The molecule has 1 aliphatic rings. The minimum atomic E-state index is -0.958. The second kappa shape index (κ2) is 37.8. The minimum absolute atomic E-state index is 0. The van der Waals surface area contributed by atoms with Crippen LogP contribution in [0.25, 0.3) is 40.3 Å². The van der Waals surface area contributed by atoms with E-state index in [9.17, 15) is 28.4 Å². The van der Waals surface area contributed by atoms with Crippen molar-refractivity contribution in [3.63, 3.8) is 0 Å². The maximum absolute atomic E-state index is 12.7. The van der Waals surface area contributed by atoms with Crippen molar-refractivity contribution in [1.29, 1.82) is 5.26 Å². The molecule has 0 amide bonds. The first-order chi connectivity index (χ1) is 42.6. The molecule has 5 N–H and O–H groups in total. The second-order valence-corrected chi connectivity index (χ2v) is 26.3. The van der Waals surface area contributed by atoms with Crippen LogP contribution in [0.3, 0.4) is 0 Å². The van der Waals surface area contributed by atoms with Crippen LogP contribution in [0.4, 0.5) is 10.1 Å². The summed E-state index contributed by atoms with van der Waals surface area (Å²) in [5.74, 6) is -0.742. The summed E-state index contributed by atoms with van der Waals surface area (Å²) in [4.78, 5) is 57.1. The number of nitriles is 1. The van der Waals surface area contributed by atoms with Crippen LogP contribution < -0.4 is 25.7 Å². The highest BCUT2D eigenvalue weighted by Gasteiger charge is 2.23. The average Bonchev–Trinajstić information content (AvgIpc) is 1.70. The molecule has 5 heterocycles. The third-order valence-electron chi connectivity index (χ3n) is 11.8. The molecule has 0 radical (unpaired) electrons. The standard InChI is InChI=1S/C11H8BrClO2S.C11H9BrO3S.C10H8BrNO2S.C10H7BrO3S.C9H11NO.C7H3BrFN.C3H6O2S.ClH/c1-2-15-11(14)10-8(13)6-4-3-5-7(12)9(6)16-10;1-14-8-6-4-3-5-7(12)9(6)16-10(8)11(13)15-2;1-14-10(13)9-7(12)5-3-2-4-6(11)8(5)15-9;1-14-7-5-3-2-4-6(11)8(5)15-9(7)10(12)13;10-8-5-6-11-9-4-2-1-3-7(8)9;8-6-3-1-2-5(4-10)7(6)9;1-5-3(4)2-6;/h3-5H,2H2,1H3;3-5H,1-2H3;2-4H,12H2,1H3;2-4H,1H3,(H,12,13);1-4,8H,5-6,10H2;1-3H;6H,2H2,1H3;1H/t;;;;8-;;;/m....0.../s1. The smallest absolute Gasteiger partial charge is 0.351 e. The van der Waals surface area contributed by atoms with E-state index < -0.39 is 11.8 Å². The largest absolute Gasteiger partial charge is 0.494 e. The molecule has 29 heteroatoms. The highest BCUT2D eigenvalue weighted by molar-refractivity contribution is 9.11. The molecule has 476 valence electrons. The van der Waals surface area contributed by atoms with Gasteiger partial charge in [-0.25, -0.2) is 23.6 Å².